The molecule has 20 heavy (non-hydrogen) atoms. The van der Waals surface area contributed by atoms with Gasteiger partial charge in [0.05, 0.1) is 17.8 Å². The van der Waals surface area contributed by atoms with Crippen LogP contribution in [0.1, 0.15) is 29.9 Å². The standard InChI is InChI=1S/C16H17N3O/c17-15-9-8-12(10-18-15)19-16(20)14-7-3-5-11-4-1-2-6-13(11)14/h1-2,4,6,8-10,14H,3,5,7H2,(H2,17,18)(H,19,20). The zero-order valence-corrected chi connectivity index (χ0v) is 11.2. The SMILES string of the molecule is Nc1ccc(NC(=O)C2CCCc3ccccc32)cn1. The molecule has 102 valence electrons. The average Bonchev–Trinajstić information content (AvgIpc) is 2.49. The Hall–Kier alpha value is -2.36. The van der Waals surface area contributed by atoms with Crippen LogP contribution in [0.3, 0.4) is 0 Å². The number of nitrogen functional groups attached to an aromatic ring is 1. The fourth-order valence-corrected chi connectivity index (χ4v) is 2.73. The number of aryl methyl sites for hydroxylation is 1. The molecule has 4 heteroatoms. The maximum Gasteiger partial charge on any atom is 0.231 e. The number of amides is 1. The lowest BCUT2D eigenvalue weighted by Crippen LogP contribution is -2.24. The van der Waals surface area contributed by atoms with Gasteiger partial charge in [0, 0.05) is 0 Å². The zero-order valence-electron chi connectivity index (χ0n) is 11.2. The summed E-state index contributed by atoms with van der Waals surface area (Å²) in [7, 11) is 0. The summed E-state index contributed by atoms with van der Waals surface area (Å²) in [6, 6.07) is 11.6. The van der Waals surface area contributed by atoms with Gasteiger partial charge in [-0.05, 0) is 42.5 Å². The number of anilines is 2. The van der Waals surface area contributed by atoms with Crippen LogP contribution in [0.15, 0.2) is 42.6 Å². The molecule has 1 unspecified atom stereocenters. The third-order valence-corrected chi connectivity index (χ3v) is 3.74. The molecule has 3 N–H and O–H groups in total. The minimum atomic E-state index is -0.0718. The molecule has 1 amide bonds. The van der Waals surface area contributed by atoms with E-state index in [0.29, 0.717) is 11.5 Å². The number of fused-ring (bicyclic) bond motifs is 1. The van der Waals surface area contributed by atoms with Crippen molar-refractivity contribution in [1.29, 1.82) is 0 Å². The minimum absolute atomic E-state index is 0.0312. The van der Waals surface area contributed by atoms with Gasteiger partial charge in [-0.25, -0.2) is 4.98 Å². The Morgan fingerprint density at radius 1 is 1.25 bits per heavy atom. The van der Waals surface area contributed by atoms with Crippen LogP contribution < -0.4 is 11.1 Å². The van der Waals surface area contributed by atoms with Gasteiger partial charge in [0.1, 0.15) is 5.82 Å². The smallest absolute Gasteiger partial charge is 0.231 e. The van der Waals surface area contributed by atoms with Gasteiger partial charge in [-0.3, -0.25) is 4.79 Å². The summed E-state index contributed by atoms with van der Waals surface area (Å²) >= 11 is 0. The third kappa shape index (κ3) is 2.50. The molecule has 1 aliphatic rings. The Kier molecular flexibility index (Phi) is 3.37. The van der Waals surface area contributed by atoms with E-state index in [1.54, 1.807) is 18.3 Å². The van der Waals surface area contributed by atoms with E-state index in [2.05, 4.69) is 22.4 Å². The van der Waals surface area contributed by atoms with E-state index in [0.717, 1.165) is 24.8 Å². The molecule has 1 heterocycles. The summed E-state index contributed by atoms with van der Waals surface area (Å²) in [6.07, 6.45) is 4.59. The Morgan fingerprint density at radius 3 is 2.90 bits per heavy atom. The number of pyridine rings is 1. The van der Waals surface area contributed by atoms with Gasteiger partial charge < -0.3 is 11.1 Å². The van der Waals surface area contributed by atoms with Crippen molar-refractivity contribution in [2.75, 3.05) is 11.1 Å². The second-order valence-electron chi connectivity index (χ2n) is 5.10. The Balaban J connectivity index is 1.80. The molecule has 0 saturated heterocycles. The van der Waals surface area contributed by atoms with Crippen molar-refractivity contribution >= 4 is 17.4 Å². The number of aromatic nitrogens is 1. The molecule has 1 aliphatic carbocycles. The number of nitrogens with two attached hydrogens (primary N) is 1. The molecule has 0 aliphatic heterocycles. The molecule has 4 nitrogen and oxygen atoms in total. The normalized spacial score (nSPS) is 17.3. The first-order chi connectivity index (χ1) is 9.74. The molecular weight excluding hydrogens is 250 g/mol. The van der Waals surface area contributed by atoms with Crippen molar-refractivity contribution in [3.8, 4) is 0 Å². The summed E-state index contributed by atoms with van der Waals surface area (Å²) in [5, 5.41) is 2.92. The predicted octanol–water partition coefficient (Wildman–Crippen LogP) is 2.72. The van der Waals surface area contributed by atoms with Crippen molar-refractivity contribution in [3.05, 3.63) is 53.7 Å². The van der Waals surface area contributed by atoms with Crippen LogP contribution in [0.25, 0.3) is 0 Å². The summed E-state index contributed by atoms with van der Waals surface area (Å²) in [5.41, 5.74) is 8.67. The van der Waals surface area contributed by atoms with Crippen molar-refractivity contribution < 1.29 is 4.79 Å². The van der Waals surface area contributed by atoms with Gasteiger partial charge in [0.2, 0.25) is 5.91 Å². The van der Waals surface area contributed by atoms with Crippen LogP contribution in [-0.2, 0) is 11.2 Å². The second-order valence-corrected chi connectivity index (χ2v) is 5.10. The van der Waals surface area contributed by atoms with Gasteiger partial charge in [-0.2, -0.15) is 0 Å². The van der Waals surface area contributed by atoms with Crippen molar-refractivity contribution in [3.63, 3.8) is 0 Å². The van der Waals surface area contributed by atoms with Gasteiger partial charge >= 0.3 is 0 Å². The molecule has 1 aromatic carbocycles. The highest BCUT2D eigenvalue weighted by atomic mass is 16.1. The van der Waals surface area contributed by atoms with Crippen LogP contribution in [0, 0.1) is 0 Å². The van der Waals surface area contributed by atoms with Crippen LogP contribution in [0.4, 0.5) is 11.5 Å². The van der Waals surface area contributed by atoms with Crippen molar-refractivity contribution in [2.24, 2.45) is 0 Å². The van der Waals surface area contributed by atoms with E-state index >= 15 is 0 Å². The summed E-state index contributed by atoms with van der Waals surface area (Å²) in [4.78, 5) is 16.4. The molecule has 2 aromatic rings. The highest BCUT2D eigenvalue weighted by molar-refractivity contribution is 5.96. The number of hydrogen-bond donors (Lipinski definition) is 2. The molecule has 0 bridgehead atoms. The maximum absolute atomic E-state index is 12.4. The zero-order chi connectivity index (χ0) is 13.9. The van der Waals surface area contributed by atoms with Crippen LogP contribution in [0.2, 0.25) is 0 Å². The number of nitrogens with zero attached hydrogens (tertiary/aromatic N) is 1. The summed E-state index contributed by atoms with van der Waals surface area (Å²) < 4.78 is 0. The molecule has 0 radical (unpaired) electrons. The van der Waals surface area contributed by atoms with Crippen LogP contribution >= 0.6 is 0 Å². The quantitative estimate of drug-likeness (QED) is 0.879. The second kappa shape index (κ2) is 5.33. The highest BCUT2D eigenvalue weighted by Gasteiger charge is 2.26. The van der Waals surface area contributed by atoms with Gasteiger partial charge in [0.15, 0.2) is 0 Å². The first kappa shape index (κ1) is 12.7. The largest absolute Gasteiger partial charge is 0.384 e. The molecule has 3 rings (SSSR count). The molecule has 1 atom stereocenters. The molecule has 0 fully saturated rings. The highest BCUT2D eigenvalue weighted by Crippen LogP contribution is 2.32. The minimum Gasteiger partial charge on any atom is -0.384 e. The van der Waals surface area contributed by atoms with Crippen LogP contribution in [-0.4, -0.2) is 10.9 Å². The number of rotatable bonds is 2. The topological polar surface area (TPSA) is 68.0 Å². The van der Waals surface area contributed by atoms with E-state index in [9.17, 15) is 4.79 Å². The third-order valence-electron chi connectivity index (χ3n) is 3.74. The molecule has 0 saturated carbocycles. The van der Waals surface area contributed by atoms with Gasteiger partial charge in [-0.1, -0.05) is 24.3 Å². The van der Waals surface area contributed by atoms with E-state index in [1.165, 1.54) is 5.56 Å². The maximum atomic E-state index is 12.4. The lowest BCUT2D eigenvalue weighted by Gasteiger charge is -2.24. The summed E-state index contributed by atoms with van der Waals surface area (Å²) in [6.45, 7) is 0. The van der Waals surface area contributed by atoms with Gasteiger partial charge in [0.25, 0.3) is 0 Å². The monoisotopic (exact) mass is 267 g/mol. The Bertz CT molecular complexity index is 622. The van der Waals surface area contributed by atoms with E-state index in [-0.39, 0.29) is 11.8 Å². The molecule has 0 spiro atoms. The molecular formula is C16H17N3O. The Labute approximate surface area is 118 Å². The van der Waals surface area contributed by atoms with E-state index in [1.807, 2.05) is 12.1 Å². The lowest BCUT2D eigenvalue weighted by molar-refractivity contribution is -0.117. The average molecular weight is 267 g/mol. The lowest BCUT2D eigenvalue weighted by atomic mass is 9.82. The number of carbonyl (C=O) groups is 1. The first-order valence-corrected chi connectivity index (χ1v) is 6.84. The molecule has 1 aromatic heterocycles. The fraction of sp³-hybridized carbons (Fsp3) is 0.250. The predicted molar refractivity (Wildman–Crippen MR) is 79.4 cm³/mol. The van der Waals surface area contributed by atoms with Crippen molar-refractivity contribution in [1.82, 2.24) is 4.98 Å². The van der Waals surface area contributed by atoms with Crippen LogP contribution in [0.5, 0.6) is 0 Å². The fourth-order valence-electron chi connectivity index (χ4n) is 2.73. The number of hydrogen-bond acceptors (Lipinski definition) is 3. The number of carbonyl (C=O) groups excluding carboxylic acids is 1. The summed E-state index contributed by atoms with van der Waals surface area (Å²) in [5.74, 6) is 0.409. The van der Waals surface area contributed by atoms with Gasteiger partial charge in [-0.15, -0.1) is 0 Å². The van der Waals surface area contributed by atoms with E-state index < -0.39 is 0 Å². The Morgan fingerprint density at radius 2 is 2.10 bits per heavy atom. The number of nitrogens with one attached hydrogen (secondary N) is 1. The van der Waals surface area contributed by atoms with E-state index in [4.69, 9.17) is 5.73 Å². The van der Waals surface area contributed by atoms with Crippen molar-refractivity contribution in [2.45, 2.75) is 25.2 Å². The first-order valence-electron chi connectivity index (χ1n) is 6.84. The number of benzene rings is 1.